The van der Waals surface area contributed by atoms with Gasteiger partial charge in [-0.25, -0.2) is 4.98 Å². The van der Waals surface area contributed by atoms with Gasteiger partial charge in [-0.05, 0) is 69.1 Å². The molecule has 7 nitrogen and oxygen atoms in total. The number of nitrogens with zero attached hydrogens (tertiary/aromatic N) is 4. The maximum Gasteiger partial charge on any atom is 0.265 e. The number of rotatable bonds is 4. The van der Waals surface area contributed by atoms with Crippen LogP contribution >= 0.6 is 0 Å². The third kappa shape index (κ3) is 3.63. The van der Waals surface area contributed by atoms with Crippen LogP contribution < -0.4 is 15.4 Å². The van der Waals surface area contributed by atoms with Crippen molar-refractivity contribution in [2.45, 2.75) is 33.2 Å². The van der Waals surface area contributed by atoms with Gasteiger partial charge in [0.05, 0.1) is 17.1 Å². The zero-order chi connectivity index (χ0) is 21.5. The maximum atomic E-state index is 12.3. The Hall–Kier alpha value is -3.06. The highest BCUT2D eigenvalue weighted by atomic mass is 16.5. The van der Waals surface area contributed by atoms with E-state index in [0.29, 0.717) is 12.2 Å². The molecule has 4 heterocycles. The summed E-state index contributed by atoms with van der Waals surface area (Å²) in [6.07, 6.45) is 4.40. The molecule has 7 heteroatoms. The molecule has 3 aromatic rings. The van der Waals surface area contributed by atoms with E-state index in [2.05, 4.69) is 16.2 Å². The van der Waals surface area contributed by atoms with Gasteiger partial charge in [-0.15, -0.1) is 0 Å². The summed E-state index contributed by atoms with van der Waals surface area (Å²) in [5, 5.41) is 0. The van der Waals surface area contributed by atoms with Gasteiger partial charge in [0, 0.05) is 30.5 Å². The van der Waals surface area contributed by atoms with Crippen LogP contribution in [0.25, 0.3) is 16.9 Å². The molecule has 0 atom stereocenters. The summed E-state index contributed by atoms with van der Waals surface area (Å²) in [5.41, 5.74) is 11.6. The predicted octanol–water partition coefficient (Wildman–Crippen LogP) is 3.56. The largest absolute Gasteiger partial charge is 0.482 e. The summed E-state index contributed by atoms with van der Waals surface area (Å²) in [4.78, 5) is 21.6. The second-order valence-electron chi connectivity index (χ2n) is 8.67. The third-order valence-corrected chi connectivity index (χ3v) is 6.48. The van der Waals surface area contributed by atoms with Crippen molar-refractivity contribution in [3.63, 3.8) is 0 Å². The molecule has 0 unspecified atom stereocenters. The molecule has 2 aliphatic heterocycles. The number of ether oxygens (including phenoxy) is 1. The number of carbonyl (C=O) groups is 1. The Morgan fingerprint density at radius 1 is 1.19 bits per heavy atom. The molecule has 1 fully saturated rings. The van der Waals surface area contributed by atoms with Gasteiger partial charge in [0.2, 0.25) is 0 Å². The first-order valence-corrected chi connectivity index (χ1v) is 11.1. The molecular weight excluding hydrogens is 390 g/mol. The Balaban J connectivity index is 1.60. The van der Waals surface area contributed by atoms with Gasteiger partial charge in [-0.3, -0.25) is 9.69 Å². The molecular formula is C24H29N5O2. The van der Waals surface area contributed by atoms with Crippen LogP contribution in [0.3, 0.4) is 0 Å². The number of aromatic nitrogens is 2. The quantitative estimate of drug-likeness (QED) is 0.700. The first kappa shape index (κ1) is 19.9. The molecule has 31 heavy (non-hydrogen) atoms. The van der Waals surface area contributed by atoms with Crippen LogP contribution in [-0.4, -0.2) is 46.4 Å². The molecule has 0 aliphatic carbocycles. The van der Waals surface area contributed by atoms with E-state index in [1.54, 1.807) is 4.90 Å². The summed E-state index contributed by atoms with van der Waals surface area (Å²) < 4.78 is 7.77. The van der Waals surface area contributed by atoms with Crippen LogP contribution in [0.1, 0.15) is 32.4 Å². The number of anilines is 2. The molecule has 1 aromatic carbocycles. The third-order valence-electron chi connectivity index (χ3n) is 6.48. The first-order valence-electron chi connectivity index (χ1n) is 11.1. The topological polar surface area (TPSA) is 76.1 Å². The van der Waals surface area contributed by atoms with Crippen LogP contribution in [0.2, 0.25) is 0 Å². The standard InChI is InChI=1S/C24H29N5O2/c1-3-28-19-12-17(4-6-21(19)31-15-23(28)30)24-20(14-27-10-8-16(2)9-11-27)29-13-18(25)5-7-22(29)26-24/h4-7,12-13,16H,3,8-11,14-15,25H2,1-2H3. The van der Waals surface area contributed by atoms with Crippen molar-refractivity contribution in [1.29, 1.82) is 0 Å². The van der Waals surface area contributed by atoms with Crippen LogP contribution in [-0.2, 0) is 11.3 Å². The minimum absolute atomic E-state index is 0.0161. The number of pyridine rings is 1. The van der Waals surface area contributed by atoms with E-state index in [0.717, 1.165) is 59.6 Å². The Bertz CT molecular complexity index is 1130. The maximum absolute atomic E-state index is 12.3. The SMILES string of the molecule is CCN1C(=O)COc2ccc(-c3nc4ccc(N)cn4c3CN3CCC(C)CC3)cc21. The Kier molecular flexibility index (Phi) is 5.06. The summed E-state index contributed by atoms with van der Waals surface area (Å²) in [6.45, 7) is 8.00. The van der Waals surface area contributed by atoms with Gasteiger partial charge in [0.15, 0.2) is 6.61 Å². The Labute approximate surface area is 182 Å². The minimum atomic E-state index is -0.0161. The Morgan fingerprint density at radius 2 is 2.00 bits per heavy atom. The number of piperidine rings is 1. The lowest BCUT2D eigenvalue weighted by Crippen LogP contribution is -2.38. The number of fused-ring (bicyclic) bond motifs is 2. The summed E-state index contributed by atoms with van der Waals surface area (Å²) in [5.74, 6) is 1.51. The van der Waals surface area contributed by atoms with E-state index in [9.17, 15) is 4.79 Å². The number of nitrogen functional groups attached to an aromatic ring is 1. The van der Waals surface area contributed by atoms with Crippen molar-refractivity contribution in [2.24, 2.45) is 5.92 Å². The molecule has 2 N–H and O–H groups in total. The highest BCUT2D eigenvalue weighted by molar-refractivity contribution is 5.98. The lowest BCUT2D eigenvalue weighted by atomic mass is 9.99. The lowest BCUT2D eigenvalue weighted by Gasteiger charge is -2.30. The van der Waals surface area contributed by atoms with Gasteiger partial charge in [0.25, 0.3) is 5.91 Å². The van der Waals surface area contributed by atoms with E-state index in [-0.39, 0.29) is 12.5 Å². The minimum Gasteiger partial charge on any atom is -0.482 e. The van der Waals surface area contributed by atoms with Gasteiger partial charge in [-0.2, -0.15) is 0 Å². The zero-order valence-corrected chi connectivity index (χ0v) is 18.2. The number of imidazole rings is 1. The van der Waals surface area contributed by atoms with Crippen LogP contribution in [0.4, 0.5) is 11.4 Å². The average molecular weight is 420 g/mol. The molecule has 2 aliphatic rings. The number of hydrogen-bond acceptors (Lipinski definition) is 5. The Morgan fingerprint density at radius 3 is 2.77 bits per heavy atom. The van der Waals surface area contributed by atoms with E-state index in [1.807, 2.05) is 43.5 Å². The van der Waals surface area contributed by atoms with Crippen molar-refractivity contribution >= 4 is 22.9 Å². The number of likely N-dealkylation sites (tertiary alicyclic amines) is 1. The highest BCUT2D eigenvalue weighted by Gasteiger charge is 2.26. The summed E-state index contributed by atoms with van der Waals surface area (Å²) in [6, 6.07) is 9.86. The van der Waals surface area contributed by atoms with Gasteiger partial charge < -0.3 is 19.8 Å². The van der Waals surface area contributed by atoms with Gasteiger partial charge in [0.1, 0.15) is 11.4 Å². The molecule has 1 amide bonds. The van der Waals surface area contributed by atoms with Crippen molar-refractivity contribution in [2.75, 3.05) is 36.9 Å². The van der Waals surface area contributed by atoms with E-state index >= 15 is 0 Å². The van der Waals surface area contributed by atoms with Crippen molar-refractivity contribution in [3.8, 4) is 17.0 Å². The fourth-order valence-corrected chi connectivity index (χ4v) is 4.62. The lowest BCUT2D eigenvalue weighted by molar-refractivity contribution is -0.121. The van der Waals surface area contributed by atoms with E-state index < -0.39 is 0 Å². The molecule has 0 radical (unpaired) electrons. The van der Waals surface area contributed by atoms with Crippen LogP contribution in [0.15, 0.2) is 36.5 Å². The molecule has 0 spiro atoms. The number of hydrogen-bond donors (Lipinski definition) is 1. The molecule has 162 valence electrons. The molecule has 2 aromatic heterocycles. The second kappa shape index (κ2) is 7.89. The molecule has 1 saturated heterocycles. The number of benzene rings is 1. The fourth-order valence-electron chi connectivity index (χ4n) is 4.62. The number of nitrogens with two attached hydrogens (primary N) is 1. The summed E-state index contributed by atoms with van der Waals surface area (Å²) in [7, 11) is 0. The van der Waals surface area contributed by atoms with Gasteiger partial charge >= 0.3 is 0 Å². The summed E-state index contributed by atoms with van der Waals surface area (Å²) >= 11 is 0. The average Bonchev–Trinajstić information content (AvgIpc) is 3.12. The smallest absolute Gasteiger partial charge is 0.265 e. The number of amides is 1. The highest BCUT2D eigenvalue weighted by Crippen LogP contribution is 2.37. The normalized spacial score (nSPS) is 17.7. The second-order valence-corrected chi connectivity index (χ2v) is 8.67. The van der Waals surface area contributed by atoms with E-state index in [1.165, 1.54) is 12.8 Å². The van der Waals surface area contributed by atoms with Crippen LogP contribution in [0, 0.1) is 5.92 Å². The van der Waals surface area contributed by atoms with Crippen molar-refractivity contribution in [1.82, 2.24) is 14.3 Å². The number of likely N-dealkylation sites (N-methyl/N-ethyl adjacent to an activating group) is 1. The van der Waals surface area contributed by atoms with Crippen molar-refractivity contribution < 1.29 is 9.53 Å². The predicted molar refractivity (Wildman–Crippen MR) is 122 cm³/mol. The fraction of sp³-hybridized carbons (Fsp3) is 0.417. The monoisotopic (exact) mass is 419 g/mol. The molecule has 0 bridgehead atoms. The molecule has 5 rings (SSSR count). The van der Waals surface area contributed by atoms with Crippen LogP contribution in [0.5, 0.6) is 5.75 Å². The number of carbonyl (C=O) groups excluding carboxylic acids is 1. The van der Waals surface area contributed by atoms with Gasteiger partial charge in [-0.1, -0.05) is 6.92 Å². The van der Waals surface area contributed by atoms with E-state index in [4.69, 9.17) is 15.5 Å². The first-order chi connectivity index (χ1) is 15.0. The molecule has 0 saturated carbocycles. The zero-order valence-electron chi connectivity index (χ0n) is 18.2. The van der Waals surface area contributed by atoms with Crippen molar-refractivity contribution in [3.05, 3.63) is 42.2 Å².